The van der Waals surface area contributed by atoms with Crippen LogP contribution in [0, 0.1) is 0 Å². The Morgan fingerprint density at radius 3 is 2.54 bits per heavy atom. The van der Waals surface area contributed by atoms with Crippen LogP contribution in [0.5, 0.6) is 0 Å². The van der Waals surface area contributed by atoms with E-state index in [-0.39, 0.29) is 0 Å². The molecule has 0 aliphatic carbocycles. The molecule has 10 nitrogen and oxygen atoms in total. The Morgan fingerprint density at radius 1 is 1.00 bits per heavy atom. The fourth-order valence-corrected chi connectivity index (χ4v) is 4.32. The molecule has 0 saturated carbocycles. The third kappa shape index (κ3) is 4.78. The zero-order valence-electron chi connectivity index (χ0n) is 20.7. The molecule has 5 heterocycles. The van der Waals surface area contributed by atoms with Crippen LogP contribution in [0.2, 0.25) is 0 Å². The highest BCUT2D eigenvalue weighted by Gasteiger charge is 2.25. The summed E-state index contributed by atoms with van der Waals surface area (Å²) in [7, 11) is 3.89. The first-order chi connectivity index (χ1) is 18.1. The molecule has 37 heavy (non-hydrogen) atoms. The Kier molecular flexibility index (Phi) is 6.07. The number of pyridine rings is 1. The molecule has 0 amide bonds. The van der Waals surface area contributed by atoms with Crippen LogP contribution in [0.25, 0.3) is 34.0 Å². The number of hydrogen-bond donors (Lipinski definition) is 1. The Bertz CT molecular complexity index is 1510. The molecule has 1 aromatic carbocycles. The minimum Gasteiger partial charge on any atom is -0.444 e. The number of nitrogens with one attached hydrogen (secondary N) is 1. The molecule has 0 bridgehead atoms. The van der Waals surface area contributed by atoms with Gasteiger partial charge in [0.15, 0.2) is 12.4 Å². The predicted octanol–water partition coefficient (Wildman–Crippen LogP) is 3.60. The number of ether oxygens (including phenoxy) is 1. The van der Waals surface area contributed by atoms with E-state index in [4.69, 9.17) is 19.1 Å². The lowest BCUT2D eigenvalue weighted by molar-refractivity contribution is -0.671. The van der Waals surface area contributed by atoms with Gasteiger partial charge in [-0.25, -0.2) is 14.5 Å². The average Bonchev–Trinajstić information content (AvgIpc) is 3.62. The molecule has 10 heteroatoms. The first kappa shape index (κ1) is 22.9. The van der Waals surface area contributed by atoms with Crippen molar-refractivity contribution in [3.63, 3.8) is 0 Å². The van der Waals surface area contributed by atoms with E-state index in [1.165, 1.54) is 0 Å². The van der Waals surface area contributed by atoms with Gasteiger partial charge in [-0.15, -0.1) is 0 Å². The summed E-state index contributed by atoms with van der Waals surface area (Å²) in [6, 6.07) is 14.2. The molecule has 1 fully saturated rings. The minimum absolute atomic E-state index is 0.441. The molecule has 1 aliphatic heterocycles. The van der Waals surface area contributed by atoms with Gasteiger partial charge >= 0.3 is 0 Å². The molecule has 0 radical (unpaired) electrons. The van der Waals surface area contributed by atoms with Gasteiger partial charge in [0.1, 0.15) is 24.7 Å². The monoisotopic (exact) mass is 495 g/mol. The average molecular weight is 496 g/mol. The van der Waals surface area contributed by atoms with Crippen molar-refractivity contribution >= 4 is 17.5 Å². The lowest BCUT2D eigenvalue weighted by Crippen LogP contribution is -2.37. The number of aromatic nitrogens is 6. The first-order valence-electron chi connectivity index (χ1n) is 12.1. The number of morpholine rings is 1. The zero-order chi connectivity index (χ0) is 25.2. The molecule has 1 saturated heterocycles. The number of anilines is 3. The fourth-order valence-electron chi connectivity index (χ4n) is 4.32. The Balaban J connectivity index is 1.54. The third-order valence-corrected chi connectivity index (χ3v) is 6.22. The van der Waals surface area contributed by atoms with E-state index in [2.05, 4.69) is 26.4 Å². The quantitative estimate of drug-likeness (QED) is 0.357. The summed E-state index contributed by atoms with van der Waals surface area (Å²) < 4.78 is 15.1. The molecule has 0 spiro atoms. The third-order valence-electron chi connectivity index (χ3n) is 6.22. The number of rotatable bonds is 6. The predicted molar refractivity (Wildman–Crippen MR) is 139 cm³/mol. The second kappa shape index (κ2) is 9.82. The van der Waals surface area contributed by atoms with Crippen LogP contribution >= 0.6 is 0 Å². The second-order valence-corrected chi connectivity index (χ2v) is 8.87. The van der Waals surface area contributed by atoms with Gasteiger partial charge in [-0.2, -0.15) is 10.1 Å². The summed E-state index contributed by atoms with van der Waals surface area (Å²) in [6.07, 6.45) is 9.09. The molecule has 0 unspecified atom stereocenters. The van der Waals surface area contributed by atoms with Gasteiger partial charge in [-0.1, -0.05) is 18.2 Å². The molecule has 4 aromatic heterocycles. The van der Waals surface area contributed by atoms with Gasteiger partial charge in [0.05, 0.1) is 36.5 Å². The first-order valence-corrected chi connectivity index (χ1v) is 12.1. The summed E-state index contributed by atoms with van der Waals surface area (Å²) in [6.45, 7) is 2.69. The van der Waals surface area contributed by atoms with Crippen molar-refractivity contribution in [2.75, 3.05) is 36.5 Å². The van der Waals surface area contributed by atoms with Gasteiger partial charge in [0.2, 0.25) is 11.8 Å². The van der Waals surface area contributed by atoms with E-state index in [0.717, 1.165) is 28.2 Å². The Hall–Kier alpha value is -4.57. The van der Waals surface area contributed by atoms with Crippen molar-refractivity contribution in [2.24, 2.45) is 14.1 Å². The van der Waals surface area contributed by atoms with Gasteiger partial charge in [0.25, 0.3) is 0 Å². The number of aryl methyl sites for hydroxylation is 2. The maximum atomic E-state index is 5.80. The highest BCUT2D eigenvalue weighted by molar-refractivity contribution is 5.88. The normalized spacial score (nSPS) is 13.6. The van der Waals surface area contributed by atoms with Crippen LogP contribution in [0.3, 0.4) is 0 Å². The minimum atomic E-state index is 0.441. The van der Waals surface area contributed by atoms with E-state index >= 15 is 0 Å². The highest BCUT2D eigenvalue weighted by Crippen LogP contribution is 2.38. The van der Waals surface area contributed by atoms with Crippen molar-refractivity contribution in [3.05, 3.63) is 73.5 Å². The van der Waals surface area contributed by atoms with Crippen LogP contribution < -0.4 is 14.8 Å². The van der Waals surface area contributed by atoms with E-state index < -0.39 is 0 Å². The van der Waals surface area contributed by atoms with Crippen LogP contribution in [-0.4, -0.2) is 51.0 Å². The topological polar surface area (TPSA) is 98.0 Å². The van der Waals surface area contributed by atoms with E-state index in [9.17, 15) is 0 Å². The lowest BCUT2D eigenvalue weighted by Gasteiger charge is -2.28. The summed E-state index contributed by atoms with van der Waals surface area (Å²) in [5.41, 5.74) is 5.10. The second-order valence-electron chi connectivity index (χ2n) is 8.87. The standard InChI is InChI=1S/C27H26N8O2/c1-33-10-6-21(7-11-33)29-25-23(26-28-9-15-37-26)24(30-27(31-25)35-13-16-36-17-14-35)20-5-3-4-19(18-20)22-8-12-34(2)32-22/h3-12,15,18H,13-14,16-17H2,1-2H3/p+1. The smallest absolute Gasteiger partial charge is 0.231 e. The van der Waals surface area contributed by atoms with Crippen molar-refractivity contribution in [1.82, 2.24) is 24.7 Å². The molecular weight excluding hydrogens is 468 g/mol. The number of benzene rings is 1. The van der Waals surface area contributed by atoms with Crippen molar-refractivity contribution in [1.29, 1.82) is 0 Å². The van der Waals surface area contributed by atoms with Crippen LogP contribution in [0.1, 0.15) is 0 Å². The molecule has 5 aromatic rings. The zero-order valence-corrected chi connectivity index (χ0v) is 20.7. The molecular formula is C27H27N8O2+. The maximum absolute atomic E-state index is 5.80. The largest absolute Gasteiger partial charge is 0.444 e. The van der Waals surface area contributed by atoms with Crippen molar-refractivity contribution in [3.8, 4) is 34.0 Å². The van der Waals surface area contributed by atoms with E-state index in [1.807, 2.05) is 73.7 Å². The molecule has 6 rings (SSSR count). The summed E-state index contributed by atoms with van der Waals surface area (Å²) in [5, 5.41) is 8.07. The van der Waals surface area contributed by atoms with Gasteiger partial charge < -0.3 is 19.4 Å². The molecule has 1 N–H and O–H groups in total. The van der Waals surface area contributed by atoms with Crippen LogP contribution in [0.15, 0.2) is 77.9 Å². The van der Waals surface area contributed by atoms with Crippen LogP contribution in [0.4, 0.5) is 17.5 Å². The summed E-state index contributed by atoms with van der Waals surface area (Å²) in [4.78, 5) is 16.7. The van der Waals surface area contributed by atoms with Gasteiger partial charge in [0, 0.05) is 49.6 Å². The van der Waals surface area contributed by atoms with E-state index in [0.29, 0.717) is 49.5 Å². The summed E-state index contributed by atoms with van der Waals surface area (Å²) in [5.74, 6) is 1.68. The van der Waals surface area contributed by atoms with Gasteiger partial charge in [-0.3, -0.25) is 4.68 Å². The molecule has 1 aliphatic rings. The van der Waals surface area contributed by atoms with Crippen molar-refractivity contribution < 1.29 is 13.7 Å². The number of hydrogen-bond acceptors (Lipinski definition) is 8. The molecule has 186 valence electrons. The number of oxazole rings is 1. The Labute approximate surface area is 214 Å². The maximum Gasteiger partial charge on any atom is 0.231 e. The van der Waals surface area contributed by atoms with Gasteiger partial charge in [-0.05, 0) is 12.1 Å². The SMILES string of the molecule is Cn1ccc(-c2cccc(-c3nc(N4CCOCC4)nc(Nc4cc[n+](C)cc4)c3-c3ncco3)c2)n1. The number of nitrogens with zero attached hydrogens (tertiary/aromatic N) is 7. The lowest BCUT2D eigenvalue weighted by atomic mass is 10.0. The Morgan fingerprint density at radius 2 is 1.81 bits per heavy atom. The fraction of sp³-hybridized carbons (Fsp3) is 0.222. The highest BCUT2D eigenvalue weighted by atomic mass is 16.5. The summed E-state index contributed by atoms with van der Waals surface area (Å²) >= 11 is 0. The van der Waals surface area contributed by atoms with E-state index in [1.54, 1.807) is 17.1 Å². The molecule has 0 atom stereocenters. The van der Waals surface area contributed by atoms with Crippen molar-refractivity contribution in [2.45, 2.75) is 0 Å². The van der Waals surface area contributed by atoms with Crippen LogP contribution in [-0.2, 0) is 18.8 Å².